The summed E-state index contributed by atoms with van der Waals surface area (Å²) in [4.78, 5) is 22.5. The molecule has 2 rings (SSSR count). The molecule has 0 saturated carbocycles. The highest BCUT2D eigenvalue weighted by molar-refractivity contribution is 5.89. The minimum Gasteiger partial charge on any atom is -0.459 e. The van der Waals surface area contributed by atoms with Gasteiger partial charge in [-0.05, 0) is 25.5 Å². The second kappa shape index (κ2) is 4.99. The number of hydrogen-bond acceptors (Lipinski definition) is 4. The Hall–Kier alpha value is -1.84. The van der Waals surface area contributed by atoms with Gasteiger partial charge in [-0.15, -0.1) is 0 Å². The number of aryl methyl sites for hydroxylation is 1. The van der Waals surface area contributed by atoms with Crippen molar-refractivity contribution >= 4 is 11.9 Å². The van der Waals surface area contributed by atoms with Crippen LogP contribution in [0.4, 0.5) is 0 Å². The van der Waals surface area contributed by atoms with Crippen LogP contribution in [-0.2, 0) is 14.3 Å². The second-order valence-corrected chi connectivity index (χ2v) is 4.12. The molecule has 1 atom stereocenters. The smallest absolute Gasteiger partial charge is 0.338 e. The molecule has 0 bridgehead atoms. The molecule has 0 radical (unpaired) electrons. The van der Waals surface area contributed by atoms with Crippen molar-refractivity contribution in [2.75, 3.05) is 6.61 Å². The lowest BCUT2D eigenvalue weighted by Gasteiger charge is -2.09. The van der Waals surface area contributed by atoms with Crippen molar-refractivity contribution in [2.45, 2.75) is 25.9 Å². The first-order chi connectivity index (χ1) is 8.15. The summed E-state index contributed by atoms with van der Waals surface area (Å²) < 4.78 is 10.0. The van der Waals surface area contributed by atoms with E-state index in [0.717, 1.165) is 5.56 Å². The molecule has 0 amide bonds. The molecular weight excluding hydrogens is 220 g/mol. The van der Waals surface area contributed by atoms with Gasteiger partial charge in [-0.1, -0.05) is 17.7 Å². The lowest BCUT2D eigenvalue weighted by molar-refractivity contribution is -0.142. The van der Waals surface area contributed by atoms with E-state index in [4.69, 9.17) is 9.47 Å². The zero-order valence-electron chi connectivity index (χ0n) is 9.64. The Bertz CT molecular complexity index is 422. The maximum absolute atomic E-state index is 11.6. The quantitative estimate of drug-likeness (QED) is 0.749. The average Bonchev–Trinajstić information content (AvgIpc) is 2.73. The molecule has 1 fully saturated rings. The van der Waals surface area contributed by atoms with Crippen molar-refractivity contribution in [3.05, 3.63) is 35.4 Å². The normalized spacial score (nSPS) is 18.9. The van der Waals surface area contributed by atoms with E-state index in [9.17, 15) is 9.59 Å². The van der Waals surface area contributed by atoms with Gasteiger partial charge >= 0.3 is 11.9 Å². The fraction of sp³-hybridized carbons (Fsp3) is 0.385. The molecule has 4 nitrogen and oxygen atoms in total. The van der Waals surface area contributed by atoms with Gasteiger partial charge in [-0.25, -0.2) is 4.79 Å². The van der Waals surface area contributed by atoms with E-state index >= 15 is 0 Å². The monoisotopic (exact) mass is 234 g/mol. The molecule has 0 spiro atoms. The highest BCUT2D eigenvalue weighted by Gasteiger charge is 2.24. The van der Waals surface area contributed by atoms with Crippen LogP contribution in [0.2, 0.25) is 0 Å². The van der Waals surface area contributed by atoms with Crippen LogP contribution >= 0.6 is 0 Å². The SMILES string of the molecule is Cc1ccc(C(=O)OCC2CCC(=O)O2)cc1. The lowest BCUT2D eigenvalue weighted by atomic mass is 10.1. The minimum atomic E-state index is -0.382. The number of carbonyl (C=O) groups excluding carboxylic acids is 2. The van der Waals surface area contributed by atoms with Crippen LogP contribution in [-0.4, -0.2) is 24.6 Å². The first-order valence-electron chi connectivity index (χ1n) is 5.58. The van der Waals surface area contributed by atoms with Crippen molar-refractivity contribution in [3.8, 4) is 0 Å². The van der Waals surface area contributed by atoms with Gasteiger partial charge in [0.15, 0.2) is 0 Å². The van der Waals surface area contributed by atoms with E-state index in [1.54, 1.807) is 12.1 Å². The van der Waals surface area contributed by atoms with Gasteiger partial charge in [0, 0.05) is 6.42 Å². The highest BCUT2D eigenvalue weighted by Crippen LogP contribution is 2.14. The van der Waals surface area contributed by atoms with E-state index in [1.807, 2.05) is 19.1 Å². The summed E-state index contributed by atoms with van der Waals surface area (Å²) in [6.07, 6.45) is 0.754. The zero-order chi connectivity index (χ0) is 12.3. The first-order valence-corrected chi connectivity index (χ1v) is 5.58. The van der Waals surface area contributed by atoms with Gasteiger partial charge in [0.25, 0.3) is 0 Å². The maximum atomic E-state index is 11.6. The van der Waals surface area contributed by atoms with Gasteiger partial charge in [0.2, 0.25) is 0 Å². The van der Waals surface area contributed by atoms with Crippen molar-refractivity contribution in [3.63, 3.8) is 0 Å². The minimum absolute atomic E-state index is 0.137. The fourth-order valence-corrected chi connectivity index (χ4v) is 1.64. The number of benzene rings is 1. The summed E-state index contributed by atoms with van der Waals surface area (Å²) in [5.74, 6) is -0.602. The summed E-state index contributed by atoms with van der Waals surface area (Å²) in [6.45, 7) is 2.09. The number of hydrogen-bond donors (Lipinski definition) is 0. The topological polar surface area (TPSA) is 52.6 Å². The summed E-state index contributed by atoms with van der Waals surface area (Å²) in [6, 6.07) is 7.15. The van der Waals surface area contributed by atoms with Gasteiger partial charge in [0.05, 0.1) is 5.56 Å². The molecule has 1 aromatic rings. The van der Waals surface area contributed by atoms with Crippen molar-refractivity contribution in [2.24, 2.45) is 0 Å². The largest absolute Gasteiger partial charge is 0.459 e. The molecule has 1 saturated heterocycles. The summed E-state index contributed by atoms with van der Waals surface area (Å²) in [7, 11) is 0. The van der Waals surface area contributed by atoms with Gasteiger partial charge < -0.3 is 9.47 Å². The molecule has 17 heavy (non-hydrogen) atoms. The van der Waals surface area contributed by atoms with E-state index in [-0.39, 0.29) is 24.6 Å². The molecule has 1 heterocycles. The molecule has 1 aliphatic rings. The standard InChI is InChI=1S/C13H14O4/c1-9-2-4-10(5-3-9)13(15)16-8-11-6-7-12(14)17-11/h2-5,11H,6-8H2,1H3. The van der Waals surface area contributed by atoms with Crippen LogP contribution < -0.4 is 0 Å². The molecule has 1 unspecified atom stereocenters. The number of ether oxygens (including phenoxy) is 2. The molecule has 1 aliphatic heterocycles. The molecule has 90 valence electrons. The van der Waals surface area contributed by atoms with Crippen molar-refractivity contribution in [1.29, 1.82) is 0 Å². The third-order valence-corrected chi connectivity index (χ3v) is 2.66. The Morgan fingerprint density at radius 3 is 2.71 bits per heavy atom. The fourth-order valence-electron chi connectivity index (χ4n) is 1.64. The zero-order valence-corrected chi connectivity index (χ0v) is 9.64. The molecule has 0 aromatic heterocycles. The molecule has 1 aromatic carbocycles. The summed E-state index contributed by atoms with van der Waals surface area (Å²) in [5, 5.41) is 0. The Kier molecular flexibility index (Phi) is 3.42. The molecule has 4 heteroatoms. The number of cyclic esters (lactones) is 1. The Morgan fingerprint density at radius 2 is 2.12 bits per heavy atom. The third-order valence-electron chi connectivity index (χ3n) is 2.66. The van der Waals surface area contributed by atoms with Crippen LogP contribution in [0.15, 0.2) is 24.3 Å². The van der Waals surface area contributed by atoms with E-state index in [0.29, 0.717) is 18.4 Å². The van der Waals surface area contributed by atoms with Crippen LogP contribution in [0, 0.1) is 6.92 Å². The van der Waals surface area contributed by atoms with Crippen LogP contribution in [0.1, 0.15) is 28.8 Å². The van der Waals surface area contributed by atoms with Gasteiger partial charge in [-0.2, -0.15) is 0 Å². The lowest BCUT2D eigenvalue weighted by Crippen LogP contribution is -2.18. The Balaban J connectivity index is 1.85. The molecule has 0 N–H and O–H groups in total. The van der Waals surface area contributed by atoms with Crippen molar-refractivity contribution in [1.82, 2.24) is 0 Å². The molecule has 0 aliphatic carbocycles. The predicted molar refractivity (Wildman–Crippen MR) is 60.6 cm³/mol. The van der Waals surface area contributed by atoms with Crippen LogP contribution in [0.3, 0.4) is 0 Å². The summed E-state index contributed by atoms with van der Waals surface area (Å²) in [5.41, 5.74) is 1.60. The average molecular weight is 234 g/mol. The van der Waals surface area contributed by atoms with E-state index in [1.165, 1.54) is 0 Å². The molecular formula is C13H14O4. The number of rotatable bonds is 3. The second-order valence-electron chi connectivity index (χ2n) is 4.12. The third kappa shape index (κ3) is 3.06. The van der Waals surface area contributed by atoms with Gasteiger partial charge in [0.1, 0.15) is 12.7 Å². The van der Waals surface area contributed by atoms with Crippen LogP contribution in [0.5, 0.6) is 0 Å². The summed E-state index contributed by atoms with van der Waals surface area (Å²) >= 11 is 0. The Morgan fingerprint density at radius 1 is 1.41 bits per heavy atom. The van der Waals surface area contributed by atoms with Crippen LogP contribution in [0.25, 0.3) is 0 Å². The maximum Gasteiger partial charge on any atom is 0.338 e. The first kappa shape index (κ1) is 11.6. The van der Waals surface area contributed by atoms with Gasteiger partial charge in [-0.3, -0.25) is 4.79 Å². The van der Waals surface area contributed by atoms with E-state index < -0.39 is 0 Å². The number of carbonyl (C=O) groups is 2. The van der Waals surface area contributed by atoms with E-state index in [2.05, 4.69) is 0 Å². The van der Waals surface area contributed by atoms with Crippen molar-refractivity contribution < 1.29 is 19.1 Å². The highest BCUT2D eigenvalue weighted by atomic mass is 16.6. The predicted octanol–water partition coefficient (Wildman–Crippen LogP) is 1.86. The Labute approximate surface area is 99.5 Å². The number of esters is 2.